The van der Waals surface area contributed by atoms with Gasteiger partial charge in [-0.2, -0.15) is 4.98 Å². The summed E-state index contributed by atoms with van der Waals surface area (Å²) >= 11 is 5.99. The van der Waals surface area contributed by atoms with Crippen molar-refractivity contribution in [1.29, 1.82) is 0 Å². The summed E-state index contributed by atoms with van der Waals surface area (Å²) in [5, 5.41) is 0.280. The number of methoxy groups -OCH3 is 2. The van der Waals surface area contributed by atoms with Gasteiger partial charge in [-0.1, -0.05) is 11.6 Å². The summed E-state index contributed by atoms with van der Waals surface area (Å²) in [5.74, 6) is 1.36. The first-order valence-corrected chi connectivity index (χ1v) is 6.16. The number of hydrogen-bond acceptors (Lipinski definition) is 6. The van der Waals surface area contributed by atoms with E-state index in [0.29, 0.717) is 18.0 Å². The molecule has 2 aromatic rings. The predicted octanol–water partition coefficient (Wildman–Crippen LogP) is 2.40. The first-order valence-electron chi connectivity index (χ1n) is 5.78. The summed E-state index contributed by atoms with van der Waals surface area (Å²) in [4.78, 5) is 7.91. The number of rotatable bonds is 5. The fourth-order valence-electron chi connectivity index (χ4n) is 1.54. The van der Waals surface area contributed by atoms with Crippen molar-refractivity contribution >= 4 is 11.6 Å². The quantitative estimate of drug-likeness (QED) is 0.912. The van der Waals surface area contributed by atoms with Crippen molar-refractivity contribution in [2.75, 3.05) is 14.2 Å². The Balaban J connectivity index is 2.33. The average Bonchev–Trinajstić information content (AvgIpc) is 2.49. The first-order chi connectivity index (χ1) is 9.66. The van der Waals surface area contributed by atoms with Crippen LogP contribution in [0, 0.1) is 0 Å². The number of nitrogens with zero attached hydrogens (tertiary/aromatic N) is 2. The standard InChI is InChI=1S/C13H14ClN3O3/c1-18-9-3-8(6-15)4-10(5-9)20-12-11(14)7-16-13(17-12)19-2/h3-5,7H,6,15H2,1-2H3. The van der Waals surface area contributed by atoms with E-state index in [1.807, 2.05) is 6.07 Å². The van der Waals surface area contributed by atoms with E-state index in [1.54, 1.807) is 19.2 Å². The lowest BCUT2D eigenvalue weighted by molar-refractivity contribution is 0.365. The van der Waals surface area contributed by atoms with E-state index in [1.165, 1.54) is 13.3 Å². The van der Waals surface area contributed by atoms with E-state index in [9.17, 15) is 0 Å². The summed E-state index contributed by atoms with van der Waals surface area (Å²) in [7, 11) is 3.03. The van der Waals surface area contributed by atoms with E-state index >= 15 is 0 Å². The minimum atomic E-state index is 0.173. The topological polar surface area (TPSA) is 79.5 Å². The van der Waals surface area contributed by atoms with Crippen LogP contribution in [0.2, 0.25) is 5.02 Å². The van der Waals surface area contributed by atoms with Gasteiger partial charge in [0.05, 0.1) is 20.4 Å². The molecular formula is C13H14ClN3O3. The normalized spacial score (nSPS) is 10.2. The van der Waals surface area contributed by atoms with E-state index in [4.69, 9.17) is 31.5 Å². The van der Waals surface area contributed by atoms with Gasteiger partial charge >= 0.3 is 6.01 Å². The highest BCUT2D eigenvalue weighted by atomic mass is 35.5. The monoisotopic (exact) mass is 295 g/mol. The van der Waals surface area contributed by atoms with Gasteiger partial charge in [-0.15, -0.1) is 0 Å². The fraction of sp³-hybridized carbons (Fsp3) is 0.231. The van der Waals surface area contributed by atoms with Crippen molar-refractivity contribution in [3.05, 3.63) is 35.0 Å². The molecule has 0 fully saturated rings. The number of benzene rings is 1. The lowest BCUT2D eigenvalue weighted by atomic mass is 10.2. The van der Waals surface area contributed by atoms with Crippen LogP contribution in [-0.2, 0) is 6.54 Å². The zero-order valence-corrected chi connectivity index (χ0v) is 11.8. The highest BCUT2D eigenvalue weighted by Gasteiger charge is 2.10. The Morgan fingerprint density at radius 2 is 1.90 bits per heavy atom. The predicted molar refractivity (Wildman–Crippen MR) is 74.6 cm³/mol. The molecule has 0 atom stereocenters. The van der Waals surface area contributed by atoms with Gasteiger partial charge in [0, 0.05) is 12.6 Å². The van der Waals surface area contributed by atoms with Gasteiger partial charge in [0.2, 0.25) is 5.88 Å². The van der Waals surface area contributed by atoms with E-state index < -0.39 is 0 Å². The molecular weight excluding hydrogens is 282 g/mol. The molecule has 0 aliphatic carbocycles. The molecule has 6 nitrogen and oxygen atoms in total. The van der Waals surface area contributed by atoms with E-state index in [-0.39, 0.29) is 16.9 Å². The van der Waals surface area contributed by atoms with Crippen LogP contribution in [0.25, 0.3) is 0 Å². The second kappa shape index (κ2) is 6.40. The molecule has 7 heteroatoms. The largest absolute Gasteiger partial charge is 0.497 e. The molecule has 2 N–H and O–H groups in total. The summed E-state index contributed by atoms with van der Waals surface area (Å²) in [6.07, 6.45) is 1.41. The van der Waals surface area contributed by atoms with Gasteiger partial charge in [0.1, 0.15) is 16.5 Å². The molecule has 1 aromatic heterocycles. The van der Waals surface area contributed by atoms with Crippen LogP contribution in [0.3, 0.4) is 0 Å². The van der Waals surface area contributed by atoms with Crippen LogP contribution in [0.15, 0.2) is 24.4 Å². The Kier molecular flexibility index (Phi) is 4.60. The highest BCUT2D eigenvalue weighted by molar-refractivity contribution is 6.31. The molecule has 0 bridgehead atoms. The number of hydrogen-bond donors (Lipinski definition) is 1. The Hall–Kier alpha value is -2.05. The third-order valence-corrected chi connectivity index (χ3v) is 2.76. The van der Waals surface area contributed by atoms with Crippen molar-refractivity contribution in [3.8, 4) is 23.4 Å². The molecule has 0 saturated heterocycles. The van der Waals surface area contributed by atoms with Crippen molar-refractivity contribution in [2.45, 2.75) is 6.54 Å². The maximum absolute atomic E-state index is 5.99. The molecule has 1 aromatic carbocycles. The Labute approximate surface area is 121 Å². The van der Waals surface area contributed by atoms with Gasteiger partial charge in [0.15, 0.2) is 0 Å². The Morgan fingerprint density at radius 1 is 1.15 bits per heavy atom. The molecule has 106 valence electrons. The summed E-state index contributed by atoms with van der Waals surface area (Å²) in [6, 6.07) is 5.50. The zero-order valence-electron chi connectivity index (χ0n) is 11.1. The smallest absolute Gasteiger partial charge is 0.319 e. The van der Waals surface area contributed by atoms with E-state index in [2.05, 4.69) is 9.97 Å². The second-order valence-corrected chi connectivity index (χ2v) is 4.24. The van der Waals surface area contributed by atoms with Gasteiger partial charge in [-0.05, 0) is 17.7 Å². The summed E-state index contributed by atoms with van der Waals surface area (Å²) < 4.78 is 15.8. The third-order valence-electron chi connectivity index (χ3n) is 2.50. The SMILES string of the molecule is COc1cc(CN)cc(Oc2nc(OC)ncc2Cl)c1. The average molecular weight is 296 g/mol. The number of halogens is 1. The molecule has 2 rings (SSSR count). The molecule has 0 saturated carbocycles. The van der Waals surface area contributed by atoms with Gasteiger partial charge in [0.25, 0.3) is 0 Å². The van der Waals surface area contributed by atoms with E-state index in [0.717, 1.165) is 5.56 Å². The minimum Gasteiger partial charge on any atom is -0.497 e. The first kappa shape index (κ1) is 14.4. The minimum absolute atomic E-state index is 0.173. The van der Waals surface area contributed by atoms with Crippen LogP contribution in [0.1, 0.15) is 5.56 Å². The van der Waals surface area contributed by atoms with Gasteiger partial charge in [-0.25, -0.2) is 4.98 Å². The zero-order chi connectivity index (χ0) is 14.5. The summed E-state index contributed by atoms with van der Waals surface area (Å²) in [5.41, 5.74) is 6.50. The molecule has 1 heterocycles. The molecule has 0 amide bonds. The van der Waals surface area contributed by atoms with Crippen molar-refractivity contribution in [2.24, 2.45) is 5.73 Å². The van der Waals surface area contributed by atoms with Gasteiger partial charge in [-0.3, -0.25) is 0 Å². The Morgan fingerprint density at radius 3 is 2.55 bits per heavy atom. The maximum Gasteiger partial charge on any atom is 0.319 e. The van der Waals surface area contributed by atoms with Crippen molar-refractivity contribution in [1.82, 2.24) is 9.97 Å². The van der Waals surface area contributed by atoms with Crippen LogP contribution in [-0.4, -0.2) is 24.2 Å². The number of nitrogens with two attached hydrogens (primary N) is 1. The fourth-order valence-corrected chi connectivity index (χ4v) is 1.67. The molecule has 20 heavy (non-hydrogen) atoms. The molecule has 0 aliphatic rings. The lowest BCUT2D eigenvalue weighted by Crippen LogP contribution is -1.99. The van der Waals surface area contributed by atoms with Crippen LogP contribution in [0.4, 0.5) is 0 Å². The number of aromatic nitrogens is 2. The molecule has 0 aliphatic heterocycles. The lowest BCUT2D eigenvalue weighted by Gasteiger charge is -2.10. The van der Waals surface area contributed by atoms with Crippen molar-refractivity contribution < 1.29 is 14.2 Å². The molecule has 0 unspecified atom stereocenters. The highest BCUT2D eigenvalue weighted by Crippen LogP contribution is 2.30. The second-order valence-electron chi connectivity index (χ2n) is 3.83. The summed E-state index contributed by atoms with van der Waals surface area (Å²) in [6.45, 7) is 0.369. The molecule has 0 radical (unpaired) electrons. The molecule has 0 spiro atoms. The van der Waals surface area contributed by atoms with Gasteiger partial charge < -0.3 is 19.9 Å². The maximum atomic E-state index is 5.99. The van der Waals surface area contributed by atoms with Crippen molar-refractivity contribution in [3.63, 3.8) is 0 Å². The Bertz CT molecular complexity index is 585. The van der Waals surface area contributed by atoms with Crippen LogP contribution >= 0.6 is 11.6 Å². The third kappa shape index (κ3) is 3.28. The van der Waals surface area contributed by atoms with Crippen LogP contribution in [0.5, 0.6) is 23.4 Å². The number of ether oxygens (including phenoxy) is 3. The van der Waals surface area contributed by atoms with Crippen LogP contribution < -0.4 is 19.9 Å².